The fourth-order valence-corrected chi connectivity index (χ4v) is 4.42. The molecule has 0 fully saturated rings. The average Bonchev–Trinajstić information content (AvgIpc) is 2.89. The molecular formula is C15H10ClF2N2O3P. The summed E-state index contributed by atoms with van der Waals surface area (Å²) in [5.74, 6) is -3.40. The van der Waals surface area contributed by atoms with Gasteiger partial charge < -0.3 is 15.6 Å². The van der Waals surface area contributed by atoms with Crippen LogP contribution in [0.25, 0.3) is 10.9 Å². The molecule has 124 valence electrons. The maximum absolute atomic E-state index is 13.5. The van der Waals surface area contributed by atoms with Crippen molar-refractivity contribution < 1.29 is 23.0 Å². The van der Waals surface area contributed by atoms with E-state index in [9.17, 15) is 23.0 Å². The van der Waals surface area contributed by atoms with Gasteiger partial charge in [-0.05, 0) is 36.4 Å². The second-order valence-electron chi connectivity index (χ2n) is 5.08. The zero-order chi connectivity index (χ0) is 17.6. The molecule has 1 heterocycles. The first kappa shape index (κ1) is 16.6. The van der Waals surface area contributed by atoms with E-state index in [1.54, 1.807) is 0 Å². The van der Waals surface area contributed by atoms with E-state index in [0.29, 0.717) is 11.6 Å². The minimum atomic E-state index is -4.45. The van der Waals surface area contributed by atoms with Crippen LogP contribution < -0.4 is 16.3 Å². The second kappa shape index (κ2) is 5.70. The highest BCUT2D eigenvalue weighted by Crippen LogP contribution is 2.42. The normalized spacial score (nSPS) is 13.8. The van der Waals surface area contributed by atoms with Crippen LogP contribution in [0.4, 0.5) is 8.78 Å². The Morgan fingerprint density at radius 1 is 1.17 bits per heavy atom. The van der Waals surface area contributed by atoms with Gasteiger partial charge in [-0.3, -0.25) is 9.36 Å². The molecule has 1 amide bonds. The molecule has 0 aliphatic rings. The number of benzene rings is 2. The van der Waals surface area contributed by atoms with Crippen LogP contribution in [0, 0.1) is 11.6 Å². The third kappa shape index (κ3) is 2.60. The van der Waals surface area contributed by atoms with Gasteiger partial charge in [0.1, 0.15) is 5.69 Å². The van der Waals surface area contributed by atoms with Crippen molar-refractivity contribution >= 4 is 46.4 Å². The highest BCUT2D eigenvalue weighted by molar-refractivity contribution is 7.74. The van der Waals surface area contributed by atoms with Crippen LogP contribution in [-0.4, -0.2) is 15.8 Å². The Morgan fingerprint density at radius 2 is 1.88 bits per heavy atom. The quantitative estimate of drug-likeness (QED) is 0.618. The fourth-order valence-electron chi connectivity index (χ4n) is 2.45. The van der Waals surface area contributed by atoms with Crippen LogP contribution in [0.5, 0.6) is 0 Å². The third-order valence-electron chi connectivity index (χ3n) is 3.54. The lowest BCUT2D eigenvalue weighted by Gasteiger charge is -2.13. The molecule has 0 saturated heterocycles. The van der Waals surface area contributed by atoms with Crippen LogP contribution >= 0.6 is 19.0 Å². The van der Waals surface area contributed by atoms with E-state index in [4.69, 9.17) is 17.3 Å². The van der Waals surface area contributed by atoms with E-state index in [0.717, 1.165) is 12.1 Å². The Bertz CT molecular complexity index is 1030. The number of hydrogen-bond acceptors (Lipinski definition) is 2. The van der Waals surface area contributed by atoms with Gasteiger partial charge in [-0.15, -0.1) is 0 Å². The molecule has 24 heavy (non-hydrogen) atoms. The van der Waals surface area contributed by atoms with Crippen molar-refractivity contribution in [3.8, 4) is 0 Å². The number of nitrogens with one attached hydrogen (secondary N) is 1. The SMILES string of the molecule is NC(=O)c1[nH]c2ccc(Cl)cc2c1P(=O)(O)c1ccc(F)c(F)c1. The first-order valence-corrected chi connectivity index (χ1v) is 8.65. The zero-order valence-corrected chi connectivity index (χ0v) is 13.5. The highest BCUT2D eigenvalue weighted by atomic mass is 35.5. The molecule has 0 radical (unpaired) electrons. The number of nitrogens with two attached hydrogens (primary N) is 1. The number of carbonyl (C=O) groups excluding carboxylic acids is 1. The van der Waals surface area contributed by atoms with E-state index >= 15 is 0 Å². The predicted molar refractivity (Wildman–Crippen MR) is 87.3 cm³/mol. The van der Waals surface area contributed by atoms with Crippen molar-refractivity contribution in [2.75, 3.05) is 0 Å². The number of aromatic amines is 1. The number of amides is 1. The third-order valence-corrected chi connectivity index (χ3v) is 5.82. The summed E-state index contributed by atoms with van der Waals surface area (Å²) in [6.45, 7) is 0. The van der Waals surface area contributed by atoms with Gasteiger partial charge in [-0.1, -0.05) is 11.6 Å². The van der Waals surface area contributed by atoms with Crippen LogP contribution in [0.3, 0.4) is 0 Å². The summed E-state index contributed by atoms with van der Waals surface area (Å²) in [6, 6.07) is 6.75. The van der Waals surface area contributed by atoms with Crippen LogP contribution in [-0.2, 0) is 4.57 Å². The van der Waals surface area contributed by atoms with Gasteiger partial charge in [0.2, 0.25) is 0 Å². The monoisotopic (exact) mass is 370 g/mol. The van der Waals surface area contributed by atoms with Crippen molar-refractivity contribution in [3.05, 3.63) is 58.7 Å². The van der Waals surface area contributed by atoms with E-state index in [1.807, 2.05) is 0 Å². The second-order valence-corrected chi connectivity index (χ2v) is 7.63. The Hall–Kier alpha value is -2.21. The van der Waals surface area contributed by atoms with Gasteiger partial charge in [-0.2, -0.15) is 0 Å². The van der Waals surface area contributed by atoms with Gasteiger partial charge in [0, 0.05) is 21.2 Å². The average molecular weight is 371 g/mol. The van der Waals surface area contributed by atoms with Gasteiger partial charge in [0.15, 0.2) is 11.6 Å². The molecule has 9 heteroatoms. The lowest BCUT2D eigenvalue weighted by Crippen LogP contribution is -2.25. The number of hydrogen-bond donors (Lipinski definition) is 3. The maximum atomic E-state index is 13.5. The summed E-state index contributed by atoms with van der Waals surface area (Å²) < 4.78 is 39.5. The molecule has 3 rings (SSSR count). The minimum absolute atomic E-state index is 0.201. The maximum Gasteiger partial charge on any atom is 0.266 e. The van der Waals surface area contributed by atoms with Gasteiger partial charge in [-0.25, -0.2) is 8.78 Å². The van der Waals surface area contributed by atoms with Crippen molar-refractivity contribution in [2.24, 2.45) is 5.73 Å². The number of primary amides is 1. The standard InChI is InChI=1S/C15H10ClF2N2O3P/c16-7-1-4-12-9(5-7)14(13(20-12)15(19)21)24(22,23)8-2-3-10(17)11(18)6-8/h1-6,20H,(H2,19,21)(H,22,23). The Labute approximate surface area is 139 Å². The summed E-state index contributed by atoms with van der Waals surface area (Å²) >= 11 is 5.91. The molecular weight excluding hydrogens is 361 g/mol. The fraction of sp³-hybridized carbons (Fsp3) is 0. The Morgan fingerprint density at radius 3 is 2.50 bits per heavy atom. The summed E-state index contributed by atoms with van der Waals surface area (Å²) in [5.41, 5.74) is 5.35. The van der Waals surface area contributed by atoms with Crippen molar-refractivity contribution in [2.45, 2.75) is 0 Å². The number of carbonyl (C=O) groups is 1. The molecule has 0 saturated carbocycles. The van der Waals surface area contributed by atoms with Crippen LogP contribution in [0.15, 0.2) is 36.4 Å². The highest BCUT2D eigenvalue weighted by Gasteiger charge is 2.33. The zero-order valence-electron chi connectivity index (χ0n) is 11.9. The summed E-state index contributed by atoms with van der Waals surface area (Å²) in [4.78, 5) is 24.9. The molecule has 0 bridgehead atoms. The Kier molecular flexibility index (Phi) is 3.95. The molecule has 1 aromatic heterocycles. The lowest BCUT2D eigenvalue weighted by atomic mass is 10.2. The largest absolute Gasteiger partial charge is 0.364 e. The van der Waals surface area contributed by atoms with Gasteiger partial charge in [0.05, 0.1) is 5.30 Å². The number of H-pyrrole nitrogens is 1. The number of fused-ring (bicyclic) bond motifs is 1. The van der Waals surface area contributed by atoms with E-state index in [-0.39, 0.29) is 26.7 Å². The summed E-state index contributed by atoms with van der Waals surface area (Å²) in [5, 5.41) is -0.195. The van der Waals surface area contributed by atoms with Gasteiger partial charge >= 0.3 is 0 Å². The Balaban J connectivity index is 2.35. The molecule has 0 aliphatic carbocycles. The van der Waals surface area contributed by atoms with E-state index < -0.39 is 24.9 Å². The van der Waals surface area contributed by atoms with Crippen molar-refractivity contribution in [1.29, 1.82) is 0 Å². The van der Waals surface area contributed by atoms with E-state index in [2.05, 4.69) is 4.98 Å². The molecule has 1 unspecified atom stereocenters. The summed E-state index contributed by atoms with van der Waals surface area (Å²) in [6.07, 6.45) is 0. The van der Waals surface area contributed by atoms with Crippen LogP contribution in [0.2, 0.25) is 5.02 Å². The predicted octanol–water partition coefficient (Wildman–Crippen LogP) is 2.42. The molecule has 2 aromatic carbocycles. The van der Waals surface area contributed by atoms with E-state index in [1.165, 1.54) is 18.2 Å². The molecule has 0 aliphatic heterocycles. The van der Waals surface area contributed by atoms with Gasteiger partial charge in [0.25, 0.3) is 13.3 Å². The van der Waals surface area contributed by atoms with Crippen molar-refractivity contribution in [1.82, 2.24) is 4.98 Å². The van der Waals surface area contributed by atoms with Crippen LogP contribution in [0.1, 0.15) is 10.5 Å². The number of aromatic nitrogens is 1. The smallest absolute Gasteiger partial charge is 0.266 e. The first-order valence-electron chi connectivity index (χ1n) is 6.62. The molecule has 4 N–H and O–H groups in total. The number of rotatable bonds is 3. The molecule has 0 spiro atoms. The summed E-state index contributed by atoms with van der Waals surface area (Å²) in [7, 11) is -4.45. The lowest BCUT2D eigenvalue weighted by molar-refractivity contribution is 0.0997. The topological polar surface area (TPSA) is 96.2 Å². The molecule has 3 aromatic rings. The molecule has 1 atom stereocenters. The first-order chi connectivity index (χ1) is 11.2. The van der Waals surface area contributed by atoms with Crippen molar-refractivity contribution in [3.63, 3.8) is 0 Å². The minimum Gasteiger partial charge on any atom is -0.364 e. The number of halogens is 3. The molecule has 5 nitrogen and oxygen atoms in total.